The van der Waals surface area contributed by atoms with E-state index in [-0.39, 0.29) is 18.0 Å². The summed E-state index contributed by atoms with van der Waals surface area (Å²) in [6.45, 7) is 3.59. The van der Waals surface area contributed by atoms with Gasteiger partial charge in [0, 0.05) is 11.3 Å². The van der Waals surface area contributed by atoms with E-state index in [2.05, 4.69) is 15.4 Å². The van der Waals surface area contributed by atoms with Crippen LogP contribution in [0.25, 0.3) is 21.5 Å². The standard InChI is InChI=1S/C21H18N4O2S/c1-13-8-6-7-11-16(13)23-17(26)12-25-21(27)19-20(28-14(2)22-19)18(24-25)15-9-4-3-5-10-15/h3-11H,12H2,1-2H3,(H,23,26). The molecular weight excluding hydrogens is 372 g/mol. The quantitative estimate of drug-likeness (QED) is 0.575. The Morgan fingerprint density at radius 2 is 1.79 bits per heavy atom. The molecule has 1 N–H and O–H groups in total. The number of thiazole rings is 1. The van der Waals surface area contributed by atoms with Crippen molar-refractivity contribution in [3.63, 3.8) is 0 Å². The molecule has 0 unspecified atom stereocenters. The molecule has 2 aromatic heterocycles. The molecule has 0 fully saturated rings. The van der Waals surface area contributed by atoms with Crippen LogP contribution in [0.1, 0.15) is 10.6 Å². The average Bonchev–Trinajstić information content (AvgIpc) is 3.08. The van der Waals surface area contributed by atoms with Gasteiger partial charge in [-0.15, -0.1) is 11.3 Å². The molecule has 140 valence electrons. The average molecular weight is 390 g/mol. The van der Waals surface area contributed by atoms with Crippen molar-refractivity contribution in [2.75, 3.05) is 5.32 Å². The van der Waals surface area contributed by atoms with Crippen LogP contribution in [0.4, 0.5) is 5.69 Å². The highest BCUT2D eigenvalue weighted by atomic mass is 32.1. The third-order valence-corrected chi connectivity index (χ3v) is 5.34. The molecule has 2 aromatic carbocycles. The topological polar surface area (TPSA) is 76.9 Å². The Bertz CT molecular complexity index is 1230. The van der Waals surface area contributed by atoms with Gasteiger partial charge in [0.25, 0.3) is 5.56 Å². The molecule has 0 aliphatic heterocycles. The Morgan fingerprint density at radius 1 is 1.07 bits per heavy atom. The highest BCUT2D eigenvalue weighted by molar-refractivity contribution is 7.19. The van der Waals surface area contributed by atoms with Crippen molar-refractivity contribution in [1.29, 1.82) is 0 Å². The molecule has 0 bridgehead atoms. The molecule has 0 saturated heterocycles. The van der Waals surface area contributed by atoms with Crippen molar-refractivity contribution in [2.45, 2.75) is 20.4 Å². The Balaban J connectivity index is 1.75. The van der Waals surface area contributed by atoms with E-state index in [0.29, 0.717) is 11.2 Å². The number of rotatable bonds is 4. The van der Waals surface area contributed by atoms with E-state index in [0.717, 1.165) is 26.5 Å². The van der Waals surface area contributed by atoms with Gasteiger partial charge in [0.2, 0.25) is 5.91 Å². The zero-order valence-electron chi connectivity index (χ0n) is 15.5. The number of hydrogen-bond donors (Lipinski definition) is 1. The van der Waals surface area contributed by atoms with Gasteiger partial charge in [-0.3, -0.25) is 9.59 Å². The van der Waals surface area contributed by atoms with E-state index in [9.17, 15) is 9.59 Å². The molecule has 2 heterocycles. The number of para-hydroxylation sites is 1. The van der Waals surface area contributed by atoms with Crippen LogP contribution in [0.5, 0.6) is 0 Å². The number of fused-ring (bicyclic) bond motifs is 1. The SMILES string of the molecule is Cc1nc2c(=O)n(CC(=O)Nc3ccccc3C)nc(-c3ccccc3)c2s1. The number of carbonyl (C=O) groups is 1. The van der Waals surface area contributed by atoms with E-state index < -0.39 is 0 Å². The lowest BCUT2D eigenvalue weighted by Crippen LogP contribution is -2.30. The van der Waals surface area contributed by atoms with Crippen LogP contribution in [0.15, 0.2) is 59.4 Å². The number of amides is 1. The van der Waals surface area contributed by atoms with Gasteiger partial charge in [0.1, 0.15) is 12.2 Å². The Kier molecular flexibility index (Phi) is 4.75. The third-order valence-electron chi connectivity index (χ3n) is 4.37. The summed E-state index contributed by atoms with van der Waals surface area (Å²) in [7, 11) is 0. The van der Waals surface area contributed by atoms with Crippen molar-refractivity contribution in [2.24, 2.45) is 0 Å². The highest BCUT2D eigenvalue weighted by Crippen LogP contribution is 2.29. The molecule has 0 aliphatic carbocycles. The van der Waals surface area contributed by atoms with Crippen molar-refractivity contribution < 1.29 is 4.79 Å². The summed E-state index contributed by atoms with van der Waals surface area (Å²) in [5.74, 6) is -0.311. The largest absolute Gasteiger partial charge is 0.324 e. The smallest absolute Gasteiger partial charge is 0.294 e. The summed E-state index contributed by atoms with van der Waals surface area (Å²) >= 11 is 1.43. The molecule has 7 heteroatoms. The van der Waals surface area contributed by atoms with Crippen LogP contribution in [-0.4, -0.2) is 20.7 Å². The van der Waals surface area contributed by atoms with Gasteiger partial charge in [-0.1, -0.05) is 48.5 Å². The van der Waals surface area contributed by atoms with Gasteiger partial charge in [-0.2, -0.15) is 5.10 Å². The molecule has 1 amide bonds. The number of anilines is 1. The lowest BCUT2D eigenvalue weighted by Gasteiger charge is -2.10. The van der Waals surface area contributed by atoms with E-state index in [4.69, 9.17) is 0 Å². The maximum atomic E-state index is 12.8. The molecule has 0 radical (unpaired) electrons. The summed E-state index contributed by atoms with van der Waals surface area (Å²) in [5.41, 5.74) is 3.19. The van der Waals surface area contributed by atoms with Gasteiger partial charge < -0.3 is 5.32 Å². The minimum atomic E-state index is -0.362. The van der Waals surface area contributed by atoms with Gasteiger partial charge in [0.05, 0.1) is 9.71 Å². The Labute approximate surface area is 165 Å². The lowest BCUT2D eigenvalue weighted by atomic mass is 10.1. The fraction of sp³-hybridized carbons (Fsp3) is 0.143. The van der Waals surface area contributed by atoms with Crippen molar-refractivity contribution in [3.8, 4) is 11.3 Å². The maximum Gasteiger partial charge on any atom is 0.294 e. The van der Waals surface area contributed by atoms with Gasteiger partial charge >= 0.3 is 0 Å². The van der Waals surface area contributed by atoms with Crippen LogP contribution in [0, 0.1) is 13.8 Å². The molecule has 0 aliphatic rings. The number of nitrogens with one attached hydrogen (secondary N) is 1. The van der Waals surface area contributed by atoms with Gasteiger partial charge in [-0.05, 0) is 25.5 Å². The Hall–Kier alpha value is -3.32. The first-order valence-electron chi connectivity index (χ1n) is 8.82. The molecule has 4 rings (SSSR count). The maximum absolute atomic E-state index is 12.8. The van der Waals surface area contributed by atoms with Crippen LogP contribution >= 0.6 is 11.3 Å². The number of aromatic nitrogens is 3. The monoisotopic (exact) mass is 390 g/mol. The number of nitrogens with zero attached hydrogens (tertiary/aromatic N) is 3. The second-order valence-corrected chi connectivity index (χ2v) is 7.65. The normalized spacial score (nSPS) is 10.9. The summed E-state index contributed by atoms with van der Waals surface area (Å²) in [4.78, 5) is 29.8. The van der Waals surface area contributed by atoms with Crippen LogP contribution < -0.4 is 10.9 Å². The first-order chi connectivity index (χ1) is 13.5. The predicted molar refractivity (Wildman–Crippen MR) is 112 cm³/mol. The fourth-order valence-electron chi connectivity index (χ4n) is 3.00. The van der Waals surface area contributed by atoms with Crippen molar-refractivity contribution in [1.82, 2.24) is 14.8 Å². The number of benzene rings is 2. The molecule has 4 aromatic rings. The van der Waals surface area contributed by atoms with Crippen LogP contribution in [0.2, 0.25) is 0 Å². The predicted octanol–water partition coefficient (Wildman–Crippen LogP) is 3.78. The van der Waals surface area contributed by atoms with Gasteiger partial charge in [-0.25, -0.2) is 9.67 Å². The van der Waals surface area contributed by atoms with Crippen molar-refractivity contribution in [3.05, 3.63) is 75.5 Å². The number of carbonyl (C=O) groups excluding carboxylic acids is 1. The van der Waals surface area contributed by atoms with E-state index in [1.54, 1.807) is 0 Å². The minimum absolute atomic E-state index is 0.181. The molecular formula is C21H18N4O2S. The molecule has 0 atom stereocenters. The first-order valence-corrected chi connectivity index (χ1v) is 9.64. The third kappa shape index (κ3) is 3.44. The first kappa shape index (κ1) is 18.1. The van der Waals surface area contributed by atoms with E-state index in [1.165, 1.54) is 16.0 Å². The summed E-state index contributed by atoms with van der Waals surface area (Å²) in [6, 6.07) is 17.1. The van der Waals surface area contributed by atoms with E-state index in [1.807, 2.05) is 68.4 Å². The molecule has 0 saturated carbocycles. The Morgan fingerprint density at radius 3 is 2.54 bits per heavy atom. The lowest BCUT2D eigenvalue weighted by molar-refractivity contribution is -0.117. The zero-order chi connectivity index (χ0) is 19.7. The zero-order valence-corrected chi connectivity index (χ0v) is 16.3. The second-order valence-electron chi connectivity index (χ2n) is 6.45. The molecule has 6 nitrogen and oxygen atoms in total. The van der Waals surface area contributed by atoms with E-state index >= 15 is 0 Å². The van der Waals surface area contributed by atoms with Crippen LogP contribution in [0.3, 0.4) is 0 Å². The minimum Gasteiger partial charge on any atom is -0.324 e. The molecule has 28 heavy (non-hydrogen) atoms. The summed E-state index contributed by atoms with van der Waals surface area (Å²) in [6.07, 6.45) is 0. The molecule has 0 spiro atoms. The van der Waals surface area contributed by atoms with Crippen LogP contribution in [-0.2, 0) is 11.3 Å². The number of aryl methyl sites for hydroxylation is 2. The highest BCUT2D eigenvalue weighted by Gasteiger charge is 2.18. The number of hydrogen-bond acceptors (Lipinski definition) is 5. The van der Waals surface area contributed by atoms with Gasteiger partial charge in [0.15, 0.2) is 5.52 Å². The second kappa shape index (κ2) is 7.36. The summed E-state index contributed by atoms with van der Waals surface area (Å²) < 4.78 is 1.93. The van der Waals surface area contributed by atoms with Crippen molar-refractivity contribution >= 4 is 33.1 Å². The fourth-order valence-corrected chi connectivity index (χ4v) is 3.91. The summed E-state index contributed by atoms with van der Waals surface area (Å²) in [5, 5.41) is 8.13.